The highest BCUT2D eigenvalue weighted by atomic mass is 16.5. The van der Waals surface area contributed by atoms with Crippen LogP contribution in [0.3, 0.4) is 0 Å². The molecule has 0 radical (unpaired) electrons. The average Bonchev–Trinajstić information content (AvgIpc) is 3.73. The van der Waals surface area contributed by atoms with Gasteiger partial charge in [0.1, 0.15) is 28.9 Å². The number of benzene rings is 2. The van der Waals surface area contributed by atoms with E-state index in [4.69, 9.17) is 15.6 Å². The van der Waals surface area contributed by atoms with Crippen molar-refractivity contribution in [1.82, 2.24) is 24.9 Å². The molecule has 6 heterocycles. The third-order valence-corrected chi connectivity index (χ3v) is 12.9. The predicted octanol–water partition coefficient (Wildman–Crippen LogP) is 4.37. The minimum absolute atomic E-state index is 0.0432. The molecule has 3 saturated heterocycles. The highest BCUT2D eigenvalue weighted by Gasteiger charge is 2.45. The summed E-state index contributed by atoms with van der Waals surface area (Å²) in [5.74, 6) is 0.188. The first kappa shape index (κ1) is 36.9. The summed E-state index contributed by atoms with van der Waals surface area (Å²) in [7, 11) is 0. The lowest BCUT2D eigenvalue weighted by molar-refractivity contribution is -0.136. The molecule has 14 heteroatoms. The number of carbonyl (C=O) groups is 5. The summed E-state index contributed by atoms with van der Waals surface area (Å²) in [6.45, 7) is 6.52. The van der Waals surface area contributed by atoms with Gasteiger partial charge in [0, 0.05) is 43.7 Å². The Labute approximate surface area is 331 Å². The molecule has 3 aromatic rings. The number of hydrogen-bond donors (Lipinski definition) is 3. The molecule has 1 aliphatic carbocycles. The zero-order chi connectivity index (χ0) is 39.4. The lowest BCUT2D eigenvalue weighted by Crippen LogP contribution is -2.54. The van der Waals surface area contributed by atoms with Crippen LogP contribution >= 0.6 is 0 Å². The molecule has 4 atom stereocenters. The number of primary amides is 1. The quantitative estimate of drug-likeness (QED) is 0.279. The number of anilines is 2. The van der Waals surface area contributed by atoms with Gasteiger partial charge in [0.05, 0.1) is 22.9 Å². The summed E-state index contributed by atoms with van der Waals surface area (Å²) >= 11 is 0. The number of nitrogens with one attached hydrogen (secondary N) is 2. The molecule has 57 heavy (non-hydrogen) atoms. The number of piperidine rings is 3. The van der Waals surface area contributed by atoms with Crippen LogP contribution in [0.1, 0.15) is 101 Å². The van der Waals surface area contributed by atoms with Crippen LogP contribution < -0.4 is 26.0 Å². The smallest absolute Gasteiger partial charge is 0.262 e. The zero-order valence-electron chi connectivity index (χ0n) is 32.1. The van der Waals surface area contributed by atoms with Crippen LogP contribution in [0.2, 0.25) is 0 Å². The van der Waals surface area contributed by atoms with Crippen molar-refractivity contribution >= 4 is 41.0 Å². The molecule has 5 amide bonds. The number of amides is 5. The summed E-state index contributed by atoms with van der Waals surface area (Å²) in [5.41, 5.74) is 8.75. The molecule has 296 valence electrons. The van der Waals surface area contributed by atoms with Gasteiger partial charge in [-0.3, -0.25) is 34.2 Å². The first-order valence-electron chi connectivity index (χ1n) is 20.3. The van der Waals surface area contributed by atoms with Gasteiger partial charge in [-0.25, -0.2) is 4.68 Å². The molecule has 5 aliphatic heterocycles. The van der Waals surface area contributed by atoms with Gasteiger partial charge in [-0.1, -0.05) is 31.2 Å². The van der Waals surface area contributed by atoms with Crippen LogP contribution in [-0.4, -0.2) is 93.9 Å². The summed E-state index contributed by atoms with van der Waals surface area (Å²) in [4.78, 5) is 69.6. The van der Waals surface area contributed by atoms with Crippen LogP contribution in [0.15, 0.2) is 72.5 Å². The minimum atomic E-state index is -0.976. The van der Waals surface area contributed by atoms with Crippen molar-refractivity contribution in [2.45, 2.75) is 75.9 Å². The van der Waals surface area contributed by atoms with Crippen molar-refractivity contribution in [2.75, 3.05) is 42.9 Å². The number of nitrogens with zero attached hydrogens (tertiary/aromatic N) is 5. The van der Waals surface area contributed by atoms with Crippen molar-refractivity contribution in [3.05, 3.63) is 94.9 Å². The Balaban J connectivity index is 0.821. The maximum absolute atomic E-state index is 13.4. The summed E-state index contributed by atoms with van der Waals surface area (Å²) in [6.07, 6.45) is 11.3. The summed E-state index contributed by atoms with van der Waals surface area (Å²) in [5, 5.41) is 10.9. The molecular weight excluding hydrogens is 725 g/mol. The Hall–Kier alpha value is -5.76. The van der Waals surface area contributed by atoms with E-state index in [0.717, 1.165) is 92.7 Å². The number of para-hydroxylation sites is 1. The van der Waals surface area contributed by atoms with Gasteiger partial charge < -0.3 is 25.6 Å². The highest BCUT2D eigenvalue weighted by molar-refractivity contribution is 6.23. The molecule has 1 aromatic heterocycles. The molecule has 4 N–H and O–H groups in total. The lowest BCUT2D eigenvalue weighted by atomic mass is 9.84. The fourth-order valence-corrected chi connectivity index (χ4v) is 9.87. The Kier molecular flexibility index (Phi) is 9.67. The van der Waals surface area contributed by atoms with Crippen molar-refractivity contribution in [1.29, 1.82) is 0 Å². The second-order valence-electron chi connectivity index (χ2n) is 16.2. The lowest BCUT2D eigenvalue weighted by Gasteiger charge is -2.44. The van der Waals surface area contributed by atoms with Crippen LogP contribution in [0, 0.1) is 11.8 Å². The van der Waals surface area contributed by atoms with Crippen molar-refractivity contribution in [3.8, 4) is 5.75 Å². The van der Waals surface area contributed by atoms with Gasteiger partial charge in [-0.15, -0.1) is 0 Å². The van der Waals surface area contributed by atoms with E-state index in [1.807, 2.05) is 42.5 Å². The number of fused-ring (bicyclic) bond motifs is 2. The van der Waals surface area contributed by atoms with E-state index < -0.39 is 35.6 Å². The maximum Gasteiger partial charge on any atom is 0.262 e. The number of likely N-dealkylation sites (tertiary alicyclic amines) is 1. The monoisotopic (exact) mass is 772 g/mol. The molecular formula is C43H48N8O6. The van der Waals surface area contributed by atoms with Crippen LogP contribution in [0.5, 0.6) is 5.75 Å². The third-order valence-electron chi connectivity index (χ3n) is 12.9. The summed E-state index contributed by atoms with van der Waals surface area (Å²) < 4.78 is 8.15. The Bertz CT molecular complexity index is 2180. The normalized spacial score (nSPS) is 25.8. The van der Waals surface area contributed by atoms with Crippen molar-refractivity contribution in [3.63, 3.8) is 0 Å². The fourth-order valence-electron chi connectivity index (χ4n) is 9.87. The molecule has 9 rings (SSSR count). The number of rotatable bonds is 8. The first-order valence-corrected chi connectivity index (χ1v) is 20.3. The number of nitrogens with two attached hydrogens (primary N) is 1. The Morgan fingerprint density at radius 3 is 2.37 bits per heavy atom. The van der Waals surface area contributed by atoms with Crippen LogP contribution in [0.4, 0.5) is 11.5 Å². The number of imide groups is 2. The van der Waals surface area contributed by atoms with E-state index in [-0.39, 0.29) is 30.7 Å². The van der Waals surface area contributed by atoms with Crippen molar-refractivity contribution < 1.29 is 28.7 Å². The number of ether oxygens (including phenoxy) is 1. The van der Waals surface area contributed by atoms with Crippen molar-refractivity contribution in [2.24, 2.45) is 17.6 Å². The standard InChI is InChI=1S/C43H48N8O6/c1-25-23-30(57-29-5-3-2-4-6-29)8-10-31(25)38-37(39(44)53)40-45-18-13-34(51(40)47-38)26-14-19-48(20-15-26)27-16-21-49(22-17-27)28-7-9-32-33(24-28)43(56)50(42(32)55)35-11-12-36(52)46-41(35)54/h2-10,23-27,31,34-35,45H,11-22H2,1H3,(H2,44,53)(H,46,52,54)/t25?,31?,34-,35?/m0/s1. The maximum atomic E-state index is 13.4. The molecule has 0 saturated carbocycles. The zero-order valence-corrected chi connectivity index (χ0v) is 32.1. The Morgan fingerprint density at radius 1 is 0.895 bits per heavy atom. The average molecular weight is 773 g/mol. The number of aromatic nitrogens is 2. The molecule has 0 spiro atoms. The molecule has 6 aliphatic rings. The summed E-state index contributed by atoms with van der Waals surface area (Å²) in [6, 6.07) is 14.7. The third kappa shape index (κ3) is 6.79. The van der Waals surface area contributed by atoms with Gasteiger partial charge in [-0.05, 0) is 106 Å². The first-order chi connectivity index (χ1) is 27.6. The SMILES string of the molecule is CC1C=C(Oc2ccccc2)C=CC1c1nn2c(c1C(N)=O)NCC[C@H]2C1CCN(C2CCN(c3ccc4c(c3)C(=O)N(C3CCC(=O)NC3=O)C4=O)CC2)CC1. The molecule has 14 nitrogen and oxygen atoms in total. The topological polar surface area (TPSA) is 172 Å². The van der Waals surface area contributed by atoms with Crippen LogP contribution in [-0.2, 0) is 9.59 Å². The van der Waals surface area contributed by atoms with E-state index in [0.29, 0.717) is 34.3 Å². The van der Waals surface area contributed by atoms with Gasteiger partial charge in [0.2, 0.25) is 11.8 Å². The van der Waals surface area contributed by atoms with Gasteiger partial charge in [-0.2, -0.15) is 5.10 Å². The fraction of sp³-hybridized carbons (Fsp3) is 0.442. The highest BCUT2D eigenvalue weighted by Crippen LogP contribution is 2.42. The van der Waals surface area contributed by atoms with Gasteiger partial charge in [0.15, 0.2) is 0 Å². The van der Waals surface area contributed by atoms with E-state index in [1.165, 1.54) is 0 Å². The number of allylic oxidation sites excluding steroid dienone is 3. The number of hydrogen-bond acceptors (Lipinski definition) is 10. The van der Waals surface area contributed by atoms with E-state index >= 15 is 0 Å². The van der Waals surface area contributed by atoms with Gasteiger partial charge in [0.25, 0.3) is 17.7 Å². The molecule has 3 fully saturated rings. The molecule has 2 aromatic carbocycles. The largest absolute Gasteiger partial charge is 0.458 e. The Morgan fingerprint density at radius 2 is 1.65 bits per heavy atom. The van der Waals surface area contributed by atoms with E-state index in [2.05, 4.69) is 44.2 Å². The second kappa shape index (κ2) is 15.0. The van der Waals surface area contributed by atoms with Crippen LogP contribution in [0.25, 0.3) is 0 Å². The predicted molar refractivity (Wildman–Crippen MR) is 212 cm³/mol. The second-order valence-corrected chi connectivity index (χ2v) is 16.2. The van der Waals surface area contributed by atoms with E-state index in [1.54, 1.807) is 12.1 Å². The molecule has 0 bridgehead atoms. The minimum Gasteiger partial charge on any atom is -0.458 e. The number of carbonyl (C=O) groups excluding carboxylic acids is 5. The van der Waals surface area contributed by atoms with Gasteiger partial charge >= 0.3 is 0 Å². The van der Waals surface area contributed by atoms with E-state index in [9.17, 15) is 24.0 Å². The molecule has 3 unspecified atom stereocenters.